The number of carbonyl (C=O) groups excluding carboxylic acids is 2. The van der Waals surface area contributed by atoms with E-state index in [4.69, 9.17) is 9.47 Å². The second kappa shape index (κ2) is 6.88. The molecule has 0 bridgehead atoms. The number of fused-ring (bicyclic) bond motifs is 3. The Morgan fingerprint density at radius 3 is 2.79 bits per heavy atom. The number of esters is 1. The second-order valence-electron chi connectivity index (χ2n) is 6.39. The van der Waals surface area contributed by atoms with Gasteiger partial charge in [-0.05, 0) is 36.8 Å². The average Bonchev–Trinajstić information content (AvgIpc) is 3.04. The van der Waals surface area contributed by atoms with Gasteiger partial charge in [-0.3, -0.25) is 14.9 Å². The number of para-hydroxylation sites is 2. The minimum Gasteiger partial charge on any atom is -0.504 e. The molecule has 2 heterocycles. The van der Waals surface area contributed by atoms with Gasteiger partial charge in [0.05, 0.1) is 30.8 Å². The van der Waals surface area contributed by atoms with Gasteiger partial charge >= 0.3 is 5.97 Å². The molecule has 144 valence electrons. The fourth-order valence-corrected chi connectivity index (χ4v) is 3.60. The van der Waals surface area contributed by atoms with Gasteiger partial charge in [-0.2, -0.15) is 0 Å². The van der Waals surface area contributed by atoms with E-state index in [0.717, 1.165) is 5.52 Å². The third-order valence-corrected chi connectivity index (χ3v) is 4.79. The Kier molecular flexibility index (Phi) is 4.38. The molecule has 28 heavy (non-hydrogen) atoms. The summed E-state index contributed by atoms with van der Waals surface area (Å²) in [4.78, 5) is 29.9. The predicted octanol–water partition coefficient (Wildman–Crippen LogP) is 2.47. The highest BCUT2D eigenvalue weighted by Gasteiger charge is 2.44. The summed E-state index contributed by atoms with van der Waals surface area (Å²) < 4.78 is 12.1. The Morgan fingerprint density at radius 1 is 1.29 bits per heavy atom. The van der Waals surface area contributed by atoms with Crippen molar-refractivity contribution in [2.24, 2.45) is 5.92 Å². The van der Waals surface area contributed by atoms with Crippen LogP contribution in [0.15, 0.2) is 42.5 Å². The standard InChI is InChI=1S/C20H19N3O5/c1-3-28-19(26)16-17(11-8-9-15(27-2)14(24)10-11)23-13-7-5-4-6-12(13)21-20(23)22-18(16)25/h4-10,16-17,24H,3H2,1-2H3,(H,21,22,25). The molecule has 0 radical (unpaired) electrons. The van der Waals surface area contributed by atoms with Gasteiger partial charge in [0, 0.05) is 0 Å². The summed E-state index contributed by atoms with van der Waals surface area (Å²) in [6, 6.07) is 11.5. The van der Waals surface area contributed by atoms with Gasteiger partial charge in [-0.15, -0.1) is 0 Å². The van der Waals surface area contributed by atoms with E-state index in [1.54, 1.807) is 23.6 Å². The van der Waals surface area contributed by atoms with Crippen LogP contribution in [0.25, 0.3) is 11.0 Å². The Morgan fingerprint density at radius 2 is 2.07 bits per heavy atom. The quantitative estimate of drug-likeness (QED) is 0.532. The van der Waals surface area contributed by atoms with Crippen molar-refractivity contribution in [3.63, 3.8) is 0 Å². The van der Waals surface area contributed by atoms with Crippen molar-refractivity contribution in [3.8, 4) is 11.5 Å². The number of amides is 1. The number of nitrogens with zero attached hydrogens (tertiary/aromatic N) is 2. The lowest BCUT2D eigenvalue weighted by molar-refractivity contribution is -0.152. The van der Waals surface area contributed by atoms with Crippen molar-refractivity contribution in [1.82, 2.24) is 9.55 Å². The SMILES string of the molecule is CCOC(=O)C1C(=O)Nc2nc3ccccc3n2C1c1ccc(OC)c(O)c1. The molecule has 1 amide bonds. The Balaban J connectivity index is 1.95. The van der Waals surface area contributed by atoms with E-state index in [2.05, 4.69) is 10.3 Å². The molecule has 8 heteroatoms. The Hall–Kier alpha value is -3.55. The molecule has 0 aliphatic carbocycles. The number of ether oxygens (including phenoxy) is 2. The molecule has 0 spiro atoms. The fourth-order valence-electron chi connectivity index (χ4n) is 3.60. The Bertz CT molecular complexity index is 1070. The fraction of sp³-hybridized carbons (Fsp3) is 0.250. The molecule has 1 aliphatic rings. The van der Waals surface area contributed by atoms with E-state index in [0.29, 0.717) is 22.8 Å². The topological polar surface area (TPSA) is 103 Å². The normalized spacial score (nSPS) is 18.4. The molecule has 3 aromatic rings. The number of aromatic nitrogens is 2. The predicted molar refractivity (Wildman–Crippen MR) is 101 cm³/mol. The monoisotopic (exact) mass is 381 g/mol. The third-order valence-electron chi connectivity index (χ3n) is 4.79. The van der Waals surface area contributed by atoms with Gasteiger partial charge in [0.15, 0.2) is 17.4 Å². The molecule has 2 atom stereocenters. The molecule has 0 fully saturated rings. The van der Waals surface area contributed by atoms with Crippen LogP contribution in [0.5, 0.6) is 11.5 Å². The number of benzene rings is 2. The largest absolute Gasteiger partial charge is 0.504 e. The van der Waals surface area contributed by atoms with E-state index in [-0.39, 0.29) is 12.4 Å². The lowest BCUT2D eigenvalue weighted by atomic mass is 9.90. The highest BCUT2D eigenvalue weighted by molar-refractivity contribution is 6.07. The molecular formula is C20H19N3O5. The van der Waals surface area contributed by atoms with E-state index >= 15 is 0 Å². The summed E-state index contributed by atoms with van der Waals surface area (Å²) in [6.07, 6.45) is 0. The van der Waals surface area contributed by atoms with Crippen molar-refractivity contribution in [2.45, 2.75) is 13.0 Å². The van der Waals surface area contributed by atoms with Crippen LogP contribution < -0.4 is 10.1 Å². The number of aromatic hydroxyl groups is 1. The maximum Gasteiger partial charge on any atom is 0.321 e. The average molecular weight is 381 g/mol. The van der Waals surface area contributed by atoms with Crippen molar-refractivity contribution >= 4 is 28.9 Å². The van der Waals surface area contributed by atoms with Crippen LogP contribution in [0.3, 0.4) is 0 Å². The molecule has 2 unspecified atom stereocenters. The van der Waals surface area contributed by atoms with Gasteiger partial charge in [0.2, 0.25) is 11.9 Å². The van der Waals surface area contributed by atoms with Gasteiger partial charge in [-0.25, -0.2) is 4.98 Å². The number of nitrogens with one attached hydrogen (secondary N) is 1. The van der Waals surface area contributed by atoms with Gasteiger partial charge in [0.1, 0.15) is 0 Å². The van der Waals surface area contributed by atoms with Crippen LogP contribution in [0.1, 0.15) is 18.5 Å². The number of phenolic OH excluding ortho intramolecular Hbond substituents is 1. The first-order chi connectivity index (χ1) is 13.5. The van der Waals surface area contributed by atoms with Crippen LogP contribution in [0, 0.1) is 5.92 Å². The lowest BCUT2D eigenvalue weighted by Gasteiger charge is -2.32. The number of imidazole rings is 1. The second-order valence-corrected chi connectivity index (χ2v) is 6.39. The van der Waals surface area contributed by atoms with Crippen molar-refractivity contribution in [1.29, 1.82) is 0 Å². The summed E-state index contributed by atoms with van der Waals surface area (Å²) in [5.74, 6) is -1.71. The zero-order chi connectivity index (χ0) is 19.8. The van der Waals surface area contributed by atoms with Crippen LogP contribution in [0.4, 0.5) is 5.95 Å². The van der Waals surface area contributed by atoms with Gasteiger partial charge < -0.3 is 19.1 Å². The van der Waals surface area contributed by atoms with Crippen LogP contribution in [0.2, 0.25) is 0 Å². The minimum atomic E-state index is -1.13. The number of hydrogen-bond donors (Lipinski definition) is 2. The molecule has 2 N–H and O–H groups in total. The smallest absolute Gasteiger partial charge is 0.321 e. The molecule has 1 aliphatic heterocycles. The zero-order valence-corrected chi connectivity index (χ0v) is 15.4. The number of hydrogen-bond acceptors (Lipinski definition) is 6. The number of anilines is 1. The van der Waals surface area contributed by atoms with E-state index in [1.807, 2.05) is 24.3 Å². The minimum absolute atomic E-state index is 0.0837. The zero-order valence-electron chi connectivity index (χ0n) is 15.4. The first kappa shape index (κ1) is 17.8. The summed E-state index contributed by atoms with van der Waals surface area (Å²) in [5, 5.41) is 13.0. The van der Waals surface area contributed by atoms with Crippen molar-refractivity contribution in [2.75, 3.05) is 19.0 Å². The molecular weight excluding hydrogens is 362 g/mol. The van der Waals surface area contributed by atoms with E-state index < -0.39 is 23.8 Å². The summed E-state index contributed by atoms with van der Waals surface area (Å²) in [5.41, 5.74) is 2.01. The molecule has 1 aromatic heterocycles. The molecule has 0 saturated heterocycles. The maximum atomic E-state index is 12.8. The van der Waals surface area contributed by atoms with Crippen molar-refractivity contribution < 1.29 is 24.2 Å². The maximum absolute atomic E-state index is 12.8. The summed E-state index contributed by atoms with van der Waals surface area (Å²) >= 11 is 0. The van der Waals surface area contributed by atoms with Gasteiger partial charge in [0.25, 0.3) is 0 Å². The number of phenols is 1. The highest BCUT2D eigenvalue weighted by atomic mass is 16.5. The number of carbonyl (C=O) groups is 2. The lowest BCUT2D eigenvalue weighted by Crippen LogP contribution is -2.43. The number of methoxy groups -OCH3 is 1. The Labute approximate surface area is 160 Å². The highest BCUT2D eigenvalue weighted by Crippen LogP contribution is 2.40. The van der Waals surface area contributed by atoms with Gasteiger partial charge in [-0.1, -0.05) is 18.2 Å². The third kappa shape index (κ3) is 2.74. The molecule has 8 nitrogen and oxygen atoms in total. The number of rotatable bonds is 4. The summed E-state index contributed by atoms with van der Waals surface area (Å²) in [6.45, 7) is 1.84. The van der Waals surface area contributed by atoms with Crippen molar-refractivity contribution in [3.05, 3.63) is 48.0 Å². The molecule has 2 aromatic carbocycles. The first-order valence-electron chi connectivity index (χ1n) is 8.86. The van der Waals surface area contributed by atoms with Crippen LogP contribution >= 0.6 is 0 Å². The first-order valence-corrected chi connectivity index (χ1v) is 8.86. The van der Waals surface area contributed by atoms with E-state index in [1.165, 1.54) is 13.2 Å². The van der Waals surface area contributed by atoms with Crippen LogP contribution in [-0.2, 0) is 14.3 Å². The summed E-state index contributed by atoms with van der Waals surface area (Å²) in [7, 11) is 1.45. The van der Waals surface area contributed by atoms with Crippen LogP contribution in [-0.4, -0.2) is 40.3 Å². The molecule has 4 rings (SSSR count). The van der Waals surface area contributed by atoms with E-state index in [9.17, 15) is 14.7 Å². The molecule has 0 saturated carbocycles.